The van der Waals surface area contributed by atoms with E-state index in [-0.39, 0.29) is 6.04 Å². The Balaban J connectivity index is 2.30. The molecular weight excluding hydrogens is 377 g/mol. The second-order valence-corrected chi connectivity index (χ2v) is 7.46. The van der Waals surface area contributed by atoms with Gasteiger partial charge in [0.2, 0.25) is 0 Å². The first-order chi connectivity index (χ1) is 9.45. The highest BCUT2D eigenvalue weighted by molar-refractivity contribution is 9.10. The molecule has 20 heavy (non-hydrogen) atoms. The van der Waals surface area contributed by atoms with E-state index in [0.29, 0.717) is 10.0 Å². The van der Waals surface area contributed by atoms with Gasteiger partial charge in [0.1, 0.15) is 0 Å². The van der Waals surface area contributed by atoms with Gasteiger partial charge in [-0.1, -0.05) is 50.9 Å². The average Bonchev–Trinajstić information content (AvgIpc) is 2.36. The van der Waals surface area contributed by atoms with Gasteiger partial charge in [0, 0.05) is 20.3 Å². The zero-order valence-electron chi connectivity index (χ0n) is 10.9. The molecule has 0 amide bonds. The molecule has 0 fully saturated rings. The van der Waals surface area contributed by atoms with Crippen molar-refractivity contribution in [2.24, 2.45) is 5.73 Å². The van der Waals surface area contributed by atoms with Crippen molar-refractivity contribution < 1.29 is 0 Å². The maximum Gasteiger partial charge on any atom is 0.0603 e. The maximum atomic E-state index is 6.06. The Kier molecular flexibility index (Phi) is 5.82. The molecule has 2 aromatic carbocycles. The van der Waals surface area contributed by atoms with Gasteiger partial charge in [0.05, 0.1) is 10.0 Å². The van der Waals surface area contributed by atoms with Gasteiger partial charge in [-0.3, -0.25) is 0 Å². The quantitative estimate of drug-likeness (QED) is 0.713. The molecule has 1 nitrogen and oxygen atoms in total. The summed E-state index contributed by atoms with van der Waals surface area (Å²) in [5, 5.41) is 1.14. The fourth-order valence-electron chi connectivity index (χ4n) is 1.82. The minimum Gasteiger partial charge on any atom is -0.328 e. The lowest BCUT2D eigenvalue weighted by Gasteiger charge is -2.12. The molecule has 0 aromatic heterocycles. The van der Waals surface area contributed by atoms with Gasteiger partial charge in [-0.15, -0.1) is 0 Å². The molecule has 2 rings (SSSR count). The van der Waals surface area contributed by atoms with E-state index in [9.17, 15) is 0 Å². The maximum absolute atomic E-state index is 6.06. The second kappa shape index (κ2) is 7.19. The monoisotopic (exact) mass is 389 g/mol. The molecule has 0 heterocycles. The Morgan fingerprint density at radius 1 is 1.15 bits per heavy atom. The van der Waals surface area contributed by atoms with Crippen LogP contribution in [0.1, 0.15) is 12.5 Å². The molecule has 0 radical (unpaired) electrons. The molecule has 5 heteroatoms. The third-order valence-corrected chi connectivity index (χ3v) is 5.02. The van der Waals surface area contributed by atoms with Gasteiger partial charge >= 0.3 is 0 Å². The fourth-order valence-corrected chi connectivity index (χ4v) is 3.57. The van der Waals surface area contributed by atoms with E-state index in [4.69, 9.17) is 28.9 Å². The van der Waals surface area contributed by atoms with Crippen molar-refractivity contribution in [1.29, 1.82) is 0 Å². The molecule has 0 bridgehead atoms. The number of hydrogen-bond donors (Lipinski definition) is 1. The van der Waals surface area contributed by atoms with Crippen molar-refractivity contribution >= 4 is 50.9 Å². The fraction of sp³-hybridized carbons (Fsp3) is 0.200. The highest BCUT2D eigenvalue weighted by atomic mass is 79.9. The van der Waals surface area contributed by atoms with Crippen LogP contribution in [0.3, 0.4) is 0 Å². The topological polar surface area (TPSA) is 26.0 Å². The highest BCUT2D eigenvalue weighted by Gasteiger charge is 2.09. The molecule has 0 spiro atoms. The lowest BCUT2D eigenvalue weighted by Crippen LogP contribution is -2.18. The Hall–Kier alpha value is -0.190. The van der Waals surface area contributed by atoms with E-state index < -0.39 is 0 Å². The predicted molar refractivity (Wildman–Crippen MR) is 92.1 cm³/mol. The van der Waals surface area contributed by atoms with E-state index >= 15 is 0 Å². The second-order valence-electron chi connectivity index (χ2n) is 4.61. The van der Waals surface area contributed by atoms with Gasteiger partial charge < -0.3 is 5.73 Å². The van der Waals surface area contributed by atoms with Crippen LogP contribution in [0.2, 0.25) is 10.0 Å². The van der Waals surface area contributed by atoms with Crippen molar-refractivity contribution in [3.05, 3.63) is 56.5 Å². The number of halogens is 3. The van der Waals surface area contributed by atoms with E-state index in [2.05, 4.69) is 28.1 Å². The zero-order valence-corrected chi connectivity index (χ0v) is 14.8. The summed E-state index contributed by atoms with van der Waals surface area (Å²) < 4.78 is 1.06. The SMILES string of the molecule is CC(N)Cc1cc(Br)ccc1Sc1ccc(Cl)c(Cl)c1. The van der Waals surface area contributed by atoms with Crippen molar-refractivity contribution in [2.75, 3.05) is 0 Å². The molecule has 0 aliphatic carbocycles. The number of hydrogen-bond acceptors (Lipinski definition) is 2. The van der Waals surface area contributed by atoms with Crippen LogP contribution in [0.5, 0.6) is 0 Å². The first-order valence-corrected chi connectivity index (χ1v) is 8.49. The van der Waals surface area contributed by atoms with Crippen LogP contribution in [0.4, 0.5) is 0 Å². The Morgan fingerprint density at radius 3 is 2.55 bits per heavy atom. The molecule has 0 saturated carbocycles. The summed E-state index contributed by atoms with van der Waals surface area (Å²) in [5.74, 6) is 0. The third kappa shape index (κ3) is 4.40. The van der Waals surface area contributed by atoms with Crippen molar-refractivity contribution in [1.82, 2.24) is 0 Å². The standard InChI is InChI=1S/C15H14BrCl2NS/c1-9(19)6-10-7-11(16)2-5-15(10)20-12-3-4-13(17)14(18)8-12/h2-5,7-9H,6,19H2,1H3. The molecule has 0 aliphatic heterocycles. The zero-order chi connectivity index (χ0) is 14.7. The molecule has 1 unspecified atom stereocenters. The summed E-state index contributed by atoms with van der Waals surface area (Å²) in [6.07, 6.45) is 0.836. The predicted octanol–water partition coefficient (Wildman–Crippen LogP) is 5.80. The first-order valence-electron chi connectivity index (χ1n) is 6.12. The molecule has 106 valence electrons. The molecule has 0 aliphatic rings. The summed E-state index contributed by atoms with van der Waals surface area (Å²) in [4.78, 5) is 2.25. The minimum atomic E-state index is 0.123. The van der Waals surface area contributed by atoms with E-state index in [0.717, 1.165) is 15.8 Å². The van der Waals surface area contributed by atoms with Crippen LogP contribution < -0.4 is 5.73 Å². The van der Waals surface area contributed by atoms with E-state index in [1.807, 2.05) is 31.2 Å². The smallest absolute Gasteiger partial charge is 0.0603 e. The van der Waals surface area contributed by atoms with Gasteiger partial charge in [0.15, 0.2) is 0 Å². The summed E-state index contributed by atoms with van der Waals surface area (Å²) >= 11 is 17.2. The third-order valence-electron chi connectivity index (χ3n) is 2.68. The van der Waals surface area contributed by atoms with Gasteiger partial charge in [0.25, 0.3) is 0 Å². The lowest BCUT2D eigenvalue weighted by molar-refractivity contribution is 0.729. The normalized spacial score (nSPS) is 12.4. The molecule has 1 atom stereocenters. The number of benzene rings is 2. The summed E-state index contributed by atoms with van der Waals surface area (Å²) in [5.41, 5.74) is 7.14. The van der Waals surface area contributed by atoms with Crippen LogP contribution in [-0.2, 0) is 6.42 Å². The Labute approximate surface area is 142 Å². The van der Waals surface area contributed by atoms with Crippen LogP contribution in [0.25, 0.3) is 0 Å². The molecule has 2 aromatic rings. The molecule has 0 saturated heterocycles. The number of rotatable bonds is 4. The van der Waals surface area contributed by atoms with Crippen LogP contribution >= 0.6 is 50.9 Å². The lowest BCUT2D eigenvalue weighted by atomic mass is 10.1. The average molecular weight is 391 g/mol. The van der Waals surface area contributed by atoms with E-state index in [1.165, 1.54) is 10.5 Å². The minimum absolute atomic E-state index is 0.123. The van der Waals surface area contributed by atoms with Gasteiger partial charge in [-0.2, -0.15) is 0 Å². The van der Waals surface area contributed by atoms with Crippen molar-refractivity contribution in [3.8, 4) is 0 Å². The van der Waals surface area contributed by atoms with Crippen molar-refractivity contribution in [2.45, 2.75) is 29.2 Å². The van der Waals surface area contributed by atoms with Gasteiger partial charge in [-0.25, -0.2) is 0 Å². The number of nitrogens with two attached hydrogens (primary N) is 1. The summed E-state index contributed by atoms with van der Waals surface area (Å²) in [6.45, 7) is 2.01. The Bertz CT molecular complexity index is 617. The van der Waals surface area contributed by atoms with Crippen LogP contribution in [0.15, 0.2) is 50.7 Å². The summed E-state index contributed by atoms with van der Waals surface area (Å²) in [6, 6.07) is 12.0. The molecule has 2 N–H and O–H groups in total. The first kappa shape index (κ1) is 16.2. The largest absolute Gasteiger partial charge is 0.328 e. The van der Waals surface area contributed by atoms with Gasteiger partial charge in [-0.05, 0) is 55.3 Å². The Morgan fingerprint density at radius 2 is 1.90 bits per heavy atom. The highest BCUT2D eigenvalue weighted by Crippen LogP contribution is 2.35. The van der Waals surface area contributed by atoms with E-state index in [1.54, 1.807) is 11.8 Å². The van der Waals surface area contributed by atoms with Crippen LogP contribution in [0, 0.1) is 0 Å². The summed E-state index contributed by atoms with van der Waals surface area (Å²) in [7, 11) is 0. The molecular formula is C15H14BrCl2NS. The van der Waals surface area contributed by atoms with Crippen molar-refractivity contribution in [3.63, 3.8) is 0 Å². The van der Waals surface area contributed by atoms with Crippen LogP contribution in [-0.4, -0.2) is 6.04 Å².